The van der Waals surface area contributed by atoms with Crippen LogP contribution in [0.2, 0.25) is 0 Å². The molecular weight excluding hydrogens is 300 g/mol. The highest BCUT2D eigenvalue weighted by Crippen LogP contribution is 2.52. The molecule has 0 amide bonds. The van der Waals surface area contributed by atoms with Crippen LogP contribution < -0.4 is 5.73 Å². The molecule has 1 unspecified atom stereocenters. The summed E-state index contributed by atoms with van der Waals surface area (Å²) in [4.78, 5) is 9.35. The van der Waals surface area contributed by atoms with Crippen molar-refractivity contribution in [2.24, 2.45) is 17.6 Å². The van der Waals surface area contributed by atoms with Crippen LogP contribution in [0.3, 0.4) is 0 Å². The van der Waals surface area contributed by atoms with Crippen molar-refractivity contribution < 1.29 is 4.52 Å². The quantitative estimate of drug-likeness (QED) is 0.782. The molecule has 2 heterocycles. The van der Waals surface area contributed by atoms with E-state index in [9.17, 15) is 0 Å². The monoisotopic (exact) mass is 320 g/mol. The summed E-state index contributed by atoms with van der Waals surface area (Å²) in [5.74, 6) is 3.09. The normalized spacial score (nSPS) is 28.8. The molecule has 0 aliphatic heterocycles. The zero-order chi connectivity index (χ0) is 16.3. The van der Waals surface area contributed by atoms with Crippen molar-refractivity contribution in [1.82, 2.24) is 15.1 Å². The Morgan fingerprint density at radius 1 is 1.12 bits per heavy atom. The van der Waals surface area contributed by atoms with Gasteiger partial charge in [0.1, 0.15) is 5.69 Å². The molecule has 5 heteroatoms. The van der Waals surface area contributed by atoms with E-state index in [2.05, 4.69) is 23.1 Å². The second kappa shape index (κ2) is 5.11. The lowest BCUT2D eigenvalue weighted by Gasteiger charge is -2.37. The fourth-order valence-corrected chi connectivity index (χ4v) is 4.45. The summed E-state index contributed by atoms with van der Waals surface area (Å²) < 4.78 is 5.57. The van der Waals surface area contributed by atoms with Gasteiger partial charge in [-0.05, 0) is 55.7 Å². The average molecular weight is 320 g/mol. The van der Waals surface area contributed by atoms with E-state index in [1.165, 1.54) is 5.56 Å². The van der Waals surface area contributed by atoms with E-state index < -0.39 is 0 Å². The molecule has 4 atom stereocenters. The molecule has 24 heavy (non-hydrogen) atoms. The number of benzene rings is 1. The molecule has 3 aromatic rings. The van der Waals surface area contributed by atoms with Gasteiger partial charge in [0, 0.05) is 17.3 Å². The summed E-state index contributed by atoms with van der Waals surface area (Å²) in [7, 11) is 0. The molecule has 1 aromatic carbocycles. The van der Waals surface area contributed by atoms with Crippen LogP contribution in [-0.4, -0.2) is 21.2 Å². The molecule has 0 spiro atoms. The van der Waals surface area contributed by atoms with Gasteiger partial charge < -0.3 is 10.3 Å². The fourth-order valence-electron chi connectivity index (χ4n) is 4.45. The Bertz CT molecular complexity index is 919. The summed E-state index contributed by atoms with van der Waals surface area (Å²) in [6.07, 6.45) is 3.36. The van der Waals surface area contributed by atoms with Crippen molar-refractivity contribution in [3.63, 3.8) is 0 Å². The van der Waals surface area contributed by atoms with Gasteiger partial charge in [-0.2, -0.15) is 4.98 Å². The first-order chi connectivity index (χ1) is 11.7. The molecule has 2 fully saturated rings. The van der Waals surface area contributed by atoms with Crippen molar-refractivity contribution >= 4 is 10.9 Å². The Morgan fingerprint density at radius 3 is 2.83 bits per heavy atom. The number of nitrogens with zero attached hydrogens (tertiary/aromatic N) is 3. The SMILES string of the molecule is Cc1cc(-c2noc(C3C[C@@H]4C[C@H](N)[C@@H]4C3)n2)nc2ccccc12. The molecule has 2 saturated carbocycles. The zero-order valence-electron chi connectivity index (χ0n) is 13.6. The van der Waals surface area contributed by atoms with Crippen molar-refractivity contribution in [3.05, 3.63) is 41.8 Å². The van der Waals surface area contributed by atoms with Crippen molar-refractivity contribution in [3.8, 4) is 11.5 Å². The summed E-state index contributed by atoms with van der Waals surface area (Å²) in [6.45, 7) is 2.09. The molecule has 2 N–H and O–H groups in total. The van der Waals surface area contributed by atoms with E-state index in [1.54, 1.807) is 0 Å². The number of fused-ring (bicyclic) bond motifs is 2. The third kappa shape index (κ3) is 2.08. The molecular formula is C19H20N4O. The number of hydrogen-bond donors (Lipinski definition) is 1. The molecule has 5 rings (SSSR count). The van der Waals surface area contributed by atoms with E-state index in [1.807, 2.05) is 24.3 Å². The van der Waals surface area contributed by atoms with E-state index in [0.29, 0.717) is 23.7 Å². The van der Waals surface area contributed by atoms with Gasteiger partial charge in [0.25, 0.3) is 0 Å². The van der Waals surface area contributed by atoms with E-state index in [0.717, 1.165) is 47.7 Å². The minimum absolute atomic E-state index is 0.358. The maximum absolute atomic E-state index is 6.09. The number of pyridine rings is 1. The Kier molecular flexibility index (Phi) is 3.00. The predicted molar refractivity (Wildman–Crippen MR) is 91.3 cm³/mol. The molecule has 0 radical (unpaired) electrons. The van der Waals surface area contributed by atoms with Crippen molar-refractivity contribution in [2.45, 2.75) is 38.1 Å². The van der Waals surface area contributed by atoms with Gasteiger partial charge in [-0.1, -0.05) is 23.4 Å². The highest BCUT2D eigenvalue weighted by molar-refractivity contribution is 5.84. The lowest BCUT2D eigenvalue weighted by Crippen LogP contribution is -2.44. The molecule has 2 aromatic heterocycles. The van der Waals surface area contributed by atoms with E-state index in [4.69, 9.17) is 15.2 Å². The van der Waals surface area contributed by atoms with Gasteiger partial charge in [0.15, 0.2) is 0 Å². The lowest BCUT2D eigenvalue weighted by molar-refractivity contribution is 0.173. The Balaban J connectivity index is 1.47. The van der Waals surface area contributed by atoms with Crippen LogP contribution in [0.15, 0.2) is 34.9 Å². The minimum atomic E-state index is 0.358. The van der Waals surface area contributed by atoms with Gasteiger partial charge in [-0.3, -0.25) is 0 Å². The highest BCUT2D eigenvalue weighted by Gasteiger charge is 2.47. The number of nitrogens with two attached hydrogens (primary N) is 1. The van der Waals surface area contributed by atoms with Crippen molar-refractivity contribution in [1.29, 1.82) is 0 Å². The second-order valence-electron chi connectivity index (χ2n) is 7.29. The largest absolute Gasteiger partial charge is 0.339 e. The van der Waals surface area contributed by atoms with Gasteiger partial charge in [0.2, 0.25) is 11.7 Å². The molecule has 2 aliphatic carbocycles. The number of rotatable bonds is 2. The molecule has 5 nitrogen and oxygen atoms in total. The standard InChI is InChI=1S/C19H20N4O/c1-10-6-17(21-16-5-3-2-4-13(10)16)18-22-19(24-23-18)12-7-11-9-15(20)14(11)8-12/h2-6,11-12,14-15H,7-9,20H2,1H3/t11-,12?,14-,15+/m1/s1. The second-order valence-corrected chi connectivity index (χ2v) is 7.29. The van der Waals surface area contributed by atoms with Gasteiger partial charge in [0.05, 0.1) is 5.52 Å². The maximum atomic E-state index is 6.09. The first kappa shape index (κ1) is 14.1. The maximum Gasteiger partial charge on any atom is 0.230 e. The van der Waals surface area contributed by atoms with Crippen LogP contribution in [0.4, 0.5) is 0 Å². The smallest absolute Gasteiger partial charge is 0.230 e. The van der Waals surface area contributed by atoms with E-state index in [-0.39, 0.29) is 0 Å². The average Bonchev–Trinajstić information content (AvgIpc) is 3.19. The first-order valence-electron chi connectivity index (χ1n) is 8.65. The molecule has 0 saturated heterocycles. The zero-order valence-corrected chi connectivity index (χ0v) is 13.6. The Morgan fingerprint density at radius 2 is 2.00 bits per heavy atom. The number of para-hydroxylation sites is 1. The van der Waals surface area contributed by atoms with Crippen LogP contribution in [-0.2, 0) is 0 Å². The first-order valence-corrected chi connectivity index (χ1v) is 8.65. The van der Waals surface area contributed by atoms with Crippen LogP contribution in [0.1, 0.15) is 36.6 Å². The van der Waals surface area contributed by atoms with Crippen LogP contribution in [0, 0.1) is 18.8 Å². The van der Waals surface area contributed by atoms with Gasteiger partial charge >= 0.3 is 0 Å². The Hall–Kier alpha value is -2.27. The summed E-state index contributed by atoms with van der Waals surface area (Å²) in [6, 6.07) is 10.5. The summed E-state index contributed by atoms with van der Waals surface area (Å²) in [5, 5.41) is 5.35. The van der Waals surface area contributed by atoms with Gasteiger partial charge in [-0.15, -0.1) is 0 Å². The third-order valence-corrected chi connectivity index (χ3v) is 5.82. The fraction of sp³-hybridized carbons (Fsp3) is 0.421. The van der Waals surface area contributed by atoms with Crippen LogP contribution in [0.25, 0.3) is 22.4 Å². The van der Waals surface area contributed by atoms with Crippen molar-refractivity contribution in [2.75, 3.05) is 0 Å². The third-order valence-electron chi connectivity index (χ3n) is 5.82. The van der Waals surface area contributed by atoms with E-state index >= 15 is 0 Å². The van der Waals surface area contributed by atoms with Crippen LogP contribution >= 0.6 is 0 Å². The molecule has 0 bridgehead atoms. The molecule has 122 valence electrons. The highest BCUT2D eigenvalue weighted by atomic mass is 16.5. The number of hydrogen-bond acceptors (Lipinski definition) is 5. The Labute approximate surface area is 140 Å². The number of aryl methyl sites for hydroxylation is 1. The predicted octanol–water partition coefficient (Wildman–Crippen LogP) is 3.43. The minimum Gasteiger partial charge on any atom is -0.339 e. The topological polar surface area (TPSA) is 77.8 Å². The number of aromatic nitrogens is 3. The van der Waals surface area contributed by atoms with Crippen LogP contribution in [0.5, 0.6) is 0 Å². The molecule has 2 aliphatic rings. The van der Waals surface area contributed by atoms with Gasteiger partial charge in [-0.25, -0.2) is 4.98 Å². The lowest BCUT2D eigenvalue weighted by atomic mass is 9.72. The summed E-state index contributed by atoms with van der Waals surface area (Å²) in [5.41, 5.74) is 9.00. The summed E-state index contributed by atoms with van der Waals surface area (Å²) >= 11 is 0.